The Labute approximate surface area is 179 Å². The number of esters is 1. The van der Waals surface area contributed by atoms with Crippen molar-refractivity contribution in [1.29, 1.82) is 0 Å². The second kappa shape index (κ2) is 7.81. The summed E-state index contributed by atoms with van der Waals surface area (Å²) in [6, 6.07) is 0. The molecule has 0 aromatic heterocycles. The van der Waals surface area contributed by atoms with Crippen LogP contribution in [0.1, 0.15) is 41.0 Å². The molecule has 6 atom stereocenters. The van der Waals surface area contributed by atoms with Gasteiger partial charge in [0.2, 0.25) is 0 Å². The third-order valence-electron chi connectivity index (χ3n) is 5.41. The molecule has 0 aromatic rings. The summed E-state index contributed by atoms with van der Waals surface area (Å²) < 4.78 is 35.1. The van der Waals surface area contributed by atoms with Gasteiger partial charge in [0.1, 0.15) is 41.2 Å². The van der Waals surface area contributed by atoms with Gasteiger partial charge in [-0.05, 0) is 45.6 Å². The lowest BCUT2D eigenvalue weighted by molar-refractivity contribution is -0.254. The summed E-state index contributed by atoms with van der Waals surface area (Å²) >= 11 is 3.20. The van der Waals surface area contributed by atoms with E-state index in [4.69, 9.17) is 28.4 Å². The van der Waals surface area contributed by atoms with Crippen LogP contribution >= 0.6 is 23.5 Å². The maximum absolute atomic E-state index is 11.5. The number of hydrogen-bond acceptors (Lipinski definition) is 10. The fourth-order valence-corrected chi connectivity index (χ4v) is 7.46. The van der Waals surface area contributed by atoms with Gasteiger partial charge in [-0.1, -0.05) is 0 Å². The van der Waals surface area contributed by atoms with Gasteiger partial charge < -0.3 is 33.5 Å². The number of carbonyl (C=O) groups excluding carboxylic acids is 1. The second-order valence-corrected chi connectivity index (χ2v) is 11.8. The molecule has 6 unspecified atom stereocenters. The fourth-order valence-electron chi connectivity index (χ4n) is 4.28. The van der Waals surface area contributed by atoms with Crippen LogP contribution < -0.4 is 0 Å². The van der Waals surface area contributed by atoms with E-state index in [0.29, 0.717) is 0 Å². The first-order chi connectivity index (χ1) is 13.5. The summed E-state index contributed by atoms with van der Waals surface area (Å²) in [7, 11) is 0. The number of carbonyl (C=O) groups is 1. The molecule has 10 heteroatoms. The number of fused-ring (bicyclic) bond motifs is 3. The number of thioether (sulfide) groups is 2. The van der Waals surface area contributed by atoms with Crippen LogP contribution in [0, 0.1) is 0 Å². The highest BCUT2D eigenvalue weighted by Gasteiger charge is 2.64. The third kappa shape index (κ3) is 4.32. The predicted molar refractivity (Wildman–Crippen MR) is 107 cm³/mol. The number of rotatable bonds is 4. The second-order valence-electron chi connectivity index (χ2n) is 8.72. The Hall–Kier alpha value is -0.0700. The first-order valence-corrected chi connectivity index (χ1v) is 12.0. The largest absolute Gasteiger partial charge is 0.463 e. The van der Waals surface area contributed by atoms with Crippen LogP contribution in [0.4, 0.5) is 0 Å². The smallest absolute Gasteiger partial charge is 0.302 e. The Morgan fingerprint density at radius 1 is 1.03 bits per heavy atom. The normalized spacial score (nSPS) is 40.7. The van der Waals surface area contributed by atoms with Gasteiger partial charge in [0, 0.05) is 6.92 Å². The maximum atomic E-state index is 11.5. The molecule has 4 heterocycles. The van der Waals surface area contributed by atoms with Crippen molar-refractivity contribution < 1.29 is 38.3 Å². The molecule has 8 nitrogen and oxygen atoms in total. The van der Waals surface area contributed by atoms with E-state index >= 15 is 0 Å². The molecule has 166 valence electrons. The molecule has 0 amide bonds. The molecule has 0 spiro atoms. The average molecular weight is 451 g/mol. The average Bonchev–Trinajstić information content (AvgIpc) is 3.13. The molecule has 0 aliphatic carbocycles. The minimum absolute atomic E-state index is 0.0945. The van der Waals surface area contributed by atoms with E-state index in [0.717, 1.165) is 17.9 Å². The molecule has 0 bridgehead atoms. The van der Waals surface area contributed by atoms with Crippen molar-refractivity contribution in [3.05, 3.63) is 0 Å². The van der Waals surface area contributed by atoms with Gasteiger partial charge >= 0.3 is 5.97 Å². The van der Waals surface area contributed by atoms with Crippen LogP contribution in [0.25, 0.3) is 0 Å². The summed E-state index contributed by atoms with van der Waals surface area (Å²) in [6.45, 7) is 8.79. The molecule has 0 radical (unpaired) electrons. The van der Waals surface area contributed by atoms with Crippen molar-refractivity contribution in [3.8, 4) is 0 Å². The maximum Gasteiger partial charge on any atom is 0.302 e. The molecular formula is C19H30O8S2. The van der Waals surface area contributed by atoms with Gasteiger partial charge in [-0.15, -0.1) is 23.5 Å². The summed E-state index contributed by atoms with van der Waals surface area (Å²) in [5.41, 5.74) is 0. The van der Waals surface area contributed by atoms with E-state index in [1.54, 1.807) is 23.5 Å². The highest BCUT2D eigenvalue weighted by atomic mass is 32.2. The quantitative estimate of drug-likeness (QED) is 0.640. The molecule has 4 saturated heterocycles. The molecule has 0 aromatic carbocycles. The van der Waals surface area contributed by atoms with Crippen molar-refractivity contribution in [2.24, 2.45) is 0 Å². The first kappa shape index (κ1) is 22.1. The minimum atomic E-state index is -0.963. The van der Waals surface area contributed by atoms with E-state index in [-0.39, 0.29) is 12.6 Å². The summed E-state index contributed by atoms with van der Waals surface area (Å²) in [6.07, 6.45) is -2.73. The molecule has 4 aliphatic rings. The Kier molecular flexibility index (Phi) is 5.96. The van der Waals surface area contributed by atoms with E-state index in [9.17, 15) is 9.90 Å². The highest BCUT2D eigenvalue weighted by molar-refractivity contribution is 8.18. The fraction of sp³-hybridized carbons (Fsp3) is 0.947. The van der Waals surface area contributed by atoms with Gasteiger partial charge in [0.25, 0.3) is 0 Å². The molecule has 4 rings (SSSR count). The van der Waals surface area contributed by atoms with Crippen LogP contribution in [-0.2, 0) is 33.2 Å². The zero-order valence-electron chi connectivity index (χ0n) is 17.4. The molecule has 4 fully saturated rings. The third-order valence-corrected chi connectivity index (χ3v) is 8.80. The van der Waals surface area contributed by atoms with Crippen LogP contribution in [-0.4, -0.2) is 81.7 Å². The number of ether oxygens (including phenoxy) is 6. The van der Waals surface area contributed by atoms with Gasteiger partial charge in [-0.3, -0.25) is 4.79 Å². The summed E-state index contributed by atoms with van der Waals surface area (Å²) in [5.74, 6) is -0.292. The van der Waals surface area contributed by atoms with Crippen molar-refractivity contribution in [3.63, 3.8) is 0 Å². The van der Waals surface area contributed by atoms with Crippen molar-refractivity contribution in [2.45, 2.75) is 93.5 Å². The monoisotopic (exact) mass is 450 g/mol. The van der Waals surface area contributed by atoms with E-state index in [1.807, 2.05) is 27.7 Å². The topological polar surface area (TPSA) is 92.7 Å². The van der Waals surface area contributed by atoms with E-state index in [2.05, 4.69) is 0 Å². The minimum Gasteiger partial charge on any atom is -0.463 e. The molecule has 29 heavy (non-hydrogen) atoms. The van der Waals surface area contributed by atoms with E-state index < -0.39 is 52.5 Å². The molecule has 1 N–H and O–H groups in total. The summed E-state index contributed by atoms with van der Waals surface area (Å²) in [5, 5.41) is 11.5. The Bertz CT molecular complexity index is 636. The van der Waals surface area contributed by atoms with Crippen LogP contribution in [0.5, 0.6) is 0 Å². The molecule has 4 aliphatic heterocycles. The van der Waals surface area contributed by atoms with Crippen LogP contribution in [0.3, 0.4) is 0 Å². The van der Waals surface area contributed by atoms with Crippen molar-refractivity contribution >= 4 is 29.5 Å². The Balaban J connectivity index is 1.62. The van der Waals surface area contributed by atoms with Crippen molar-refractivity contribution in [1.82, 2.24) is 0 Å². The van der Waals surface area contributed by atoms with Gasteiger partial charge in [0.05, 0.1) is 0 Å². The first-order valence-electron chi connectivity index (χ1n) is 9.98. The molecular weight excluding hydrogens is 420 g/mol. The Morgan fingerprint density at radius 3 is 2.28 bits per heavy atom. The standard InChI is InChI=1S/C19H30O8S2/c1-10(20)22-9-19(28-7-6-8-29-19)15(21)13-11-12(25-17(2,3)24-11)14-16(23-13)27-18(4,5)26-14/h11-16,21H,6-9H2,1-5H3. The zero-order chi connectivity index (χ0) is 21.0. The Morgan fingerprint density at radius 2 is 1.62 bits per heavy atom. The SMILES string of the molecule is CC(=O)OCC1(C(O)C2OC3OC(C)(C)OC3C3OC(C)(C)OC32)SCCCS1. The summed E-state index contributed by atoms with van der Waals surface area (Å²) in [4.78, 5) is 11.5. The van der Waals surface area contributed by atoms with Gasteiger partial charge in [0.15, 0.2) is 17.9 Å². The number of hydrogen-bond donors (Lipinski definition) is 1. The lowest BCUT2D eigenvalue weighted by Gasteiger charge is -2.46. The number of aliphatic hydroxyl groups is 1. The lowest BCUT2D eigenvalue weighted by atomic mass is 9.94. The van der Waals surface area contributed by atoms with Crippen molar-refractivity contribution in [2.75, 3.05) is 18.1 Å². The lowest BCUT2D eigenvalue weighted by Crippen LogP contribution is -2.63. The van der Waals surface area contributed by atoms with E-state index in [1.165, 1.54) is 6.92 Å². The number of aliphatic hydroxyl groups excluding tert-OH is 1. The van der Waals surface area contributed by atoms with Gasteiger partial charge in [-0.2, -0.15) is 0 Å². The zero-order valence-corrected chi connectivity index (χ0v) is 19.0. The highest BCUT2D eigenvalue weighted by Crippen LogP contribution is 2.51. The van der Waals surface area contributed by atoms with Crippen LogP contribution in [0.2, 0.25) is 0 Å². The predicted octanol–water partition coefficient (Wildman–Crippen LogP) is 1.87. The van der Waals surface area contributed by atoms with Gasteiger partial charge in [-0.25, -0.2) is 0 Å². The molecule has 0 saturated carbocycles. The van der Waals surface area contributed by atoms with Crippen LogP contribution in [0.15, 0.2) is 0 Å².